The lowest BCUT2D eigenvalue weighted by Gasteiger charge is -2.70. The summed E-state index contributed by atoms with van der Waals surface area (Å²) in [5, 5.41) is 33.4. The maximum Gasteiger partial charge on any atom is 0.314 e. The Morgan fingerprint density at radius 3 is 2.27 bits per heavy atom. The number of aliphatic carboxylic acids is 2. The number of ether oxygens (including phenoxy) is 1. The van der Waals surface area contributed by atoms with Gasteiger partial charge < -0.3 is 20.1 Å². The van der Waals surface area contributed by atoms with Gasteiger partial charge in [0.15, 0.2) is 0 Å². The maximum atomic E-state index is 13.6. The van der Waals surface area contributed by atoms with Crippen LogP contribution in [0, 0.1) is 50.7 Å². The summed E-state index contributed by atoms with van der Waals surface area (Å²) in [7, 11) is 1.80. The Morgan fingerprint density at radius 2 is 1.68 bits per heavy atom. The highest BCUT2D eigenvalue weighted by Crippen LogP contribution is 2.76. The zero-order chi connectivity index (χ0) is 27.3. The van der Waals surface area contributed by atoms with Crippen LogP contribution in [0.1, 0.15) is 86.0 Å². The van der Waals surface area contributed by atoms with Crippen LogP contribution >= 0.6 is 0 Å². The molecule has 0 heterocycles. The normalized spacial score (nSPS) is 50.6. The number of carboxylic acid groups (broad SMARTS) is 2. The van der Waals surface area contributed by atoms with Crippen molar-refractivity contribution in [3.8, 4) is 0 Å². The molecule has 0 spiro atoms. The number of rotatable bonds is 3. The molecule has 0 radical (unpaired) electrons. The third-order valence-electron chi connectivity index (χ3n) is 13.0. The van der Waals surface area contributed by atoms with Gasteiger partial charge in [-0.25, -0.2) is 0 Å². The van der Waals surface area contributed by atoms with Crippen LogP contribution in [0.15, 0.2) is 23.8 Å². The van der Waals surface area contributed by atoms with E-state index in [9.17, 15) is 24.9 Å². The predicted molar refractivity (Wildman–Crippen MR) is 141 cm³/mol. The maximum absolute atomic E-state index is 13.6. The molecule has 0 saturated heterocycles. The minimum atomic E-state index is -1.41. The van der Waals surface area contributed by atoms with Gasteiger partial charge in [-0.05, 0) is 90.9 Å². The molecule has 0 amide bonds. The first-order chi connectivity index (χ1) is 17.2. The van der Waals surface area contributed by atoms with Crippen molar-refractivity contribution in [2.24, 2.45) is 50.7 Å². The van der Waals surface area contributed by atoms with Crippen LogP contribution in [0.4, 0.5) is 0 Å². The summed E-state index contributed by atoms with van der Waals surface area (Å²) in [6.07, 6.45) is 6.28. The molecule has 0 aromatic rings. The predicted octanol–water partition coefficient (Wildman–Crippen LogP) is 5.70. The molecule has 10 atom stereocenters. The van der Waals surface area contributed by atoms with E-state index in [4.69, 9.17) is 4.74 Å². The number of hydrogen-bond donors (Lipinski definition) is 3. The third-order valence-corrected chi connectivity index (χ3v) is 13.0. The van der Waals surface area contributed by atoms with Gasteiger partial charge in [-0.1, -0.05) is 52.8 Å². The van der Waals surface area contributed by atoms with E-state index in [1.54, 1.807) is 7.11 Å². The lowest BCUT2D eigenvalue weighted by atomic mass is 9.33. The average molecular weight is 515 g/mol. The molecule has 0 bridgehead atoms. The number of methoxy groups -OCH3 is 1. The van der Waals surface area contributed by atoms with Gasteiger partial charge >= 0.3 is 11.9 Å². The van der Waals surface area contributed by atoms with Crippen molar-refractivity contribution in [3.63, 3.8) is 0 Å². The number of aliphatic hydroxyl groups excluding tert-OH is 1. The van der Waals surface area contributed by atoms with E-state index in [1.165, 1.54) is 0 Å². The summed E-state index contributed by atoms with van der Waals surface area (Å²) in [5.41, 5.74) is -1.92. The summed E-state index contributed by atoms with van der Waals surface area (Å²) in [5.74, 6) is -2.00. The first-order valence-electron chi connectivity index (χ1n) is 14.2. The number of carbonyl (C=O) groups is 2. The SMILES string of the molecule is C=C1[C@@H]2C3=CC[C@@H]4[C@@]5(C)CC[C@H](OC)C(C)(C)[C@H]5CC[C@@]4(C)[C@]3(C(=O)O)C[C@@H](O)[C@@]2(C(=O)O)CC[C@H]1C. The van der Waals surface area contributed by atoms with E-state index in [0.29, 0.717) is 18.8 Å². The Balaban J connectivity index is 1.70. The summed E-state index contributed by atoms with van der Waals surface area (Å²) in [6.45, 7) is 15.5. The molecule has 0 aliphatic heterocycles. The van der Waals surface area contributed by atoms with Crippen molar-refractivity contribution >= 4 is 11.9 Å². The quantitative estimate of drug-likeness (QED) is 0.418. The minimum Gasteiger partial charge on any atom is -0.481 e. The van der Waals surface area contributed by atoms with Gasteiger partial charge in [0.1, 0.15) is 5.41 Å². The zero-order valence-corrected chi connectivity index (χ0v) is 23.5. The highest BCUT2D eigenvalue weighted by atomic mass is 16.5. The van der Waals surface area contributed by atoms with Crippen LogP contribution in [0.25, 0.3) is 0 Å². The number of hydrogen-bond acceptors (Lipinski definition) is 4. The van der Waals surface area contributed by atoms with Gasteiger partial charge in [-0.3, -0.25) is 9.59 Å². The van der Waals surface area contributed by atoms with Crippen molar-refractivity contribution in [1.29, 1.82) is 0 Å². The smallest absolute Gasteiger partial charge is 0.314 e. The van der Waals surface area contributed by atoms with Gasteiger partial charge in [0.25, 0.3) is 0 Å². The van der Waals surface area contributed by atoms with Crippen molar-refractivity contribution in [3.05, 3.63) is 23.8 Å². The fourth-order valence-electron chi connectivity index (χ4n) is 11.0. The van der Waals surface area contributed by atoms with Crippen LogP contribution in [-0.4, -0.2) is 46.6 Å². The largest absolute Gasteiger partial charge is 0.481 e. The molecule has 206 valence electrons. The molecule has 4 fully saturated rings. The molecule has 0 unspecified atom stereocenters. The number of fused-ring (bicyclic) bond motifs is 7. The van der Waals surface area contributed by atoms with Crippen molar-refractivity contribution < 1.29 is 29.6 Å². The summed E-state index contributed by atoms with van der Waals surface area (Å²) >= 11 is 0. The number of aliphatic hydroxyl groups is 1. The number of carboxylic acids is 2. The van der Waals surface area contributed by atoms with Gasteiger partial charge in [-0.15, -0.1) is 0 Å². The minimum absolute atomic E-state index is 0.0267. The molecule has 5 aliphatic rings. The second kappa shape index (κ2) is 8.17. The molecule has 4 saturated carbocycles. The van der Waals surface area contributed by atoms with Crippen LogP contribution in [-0.2, 0) is 14.3 Å². The van der Waals surface area contributed by atoms with E-state index in [0.717, 1.165) is 43.3 Å². The van der Waals surface area contributed by atoms with E-state index in [1.807, 2.05) is 6.92 Å². The molecule has 3 N–H and O–H groups in total. The van der Waals surface area contributed by atoms with Crippen molar-refractivity contribution in [2.75, 3.05) is 7.11 Å². The second-order valence-corrected chi connectivity index (χ2v) is 14.3. The molecular weight excluding hydrogens is 468 g/mol. The highest BCUT2D eigenvalue weighted by Gasteiger charge is 2.75. The first kappa shape index (κ1) is 26.9. The molecule has 37 heavy (non-hydrogen) atoms. The standard InChI is InChI=1S/C31H46O6/c1-17-10-15-30(25(33)34)22(32)16-31(26(35)36)19(24(30)18(17)2)8-9-21-28(5)13-12-23(37-7)27(3,4)20(28)11-14-29(21,31)6/h8,17,20-24,32H,2,9-16H2,1,3-7H3,(H,33,34)(H,35,36)/t17-,20-,21-,22-,23+,24-,28+,29-,30+,31-/m1/s1. The van der Waals surface area contributed by atoms with Crippen LogP contribution in [0.5, 0.6) is 0 Å². The lowest BCUT2D eigenvalue weighted by molar-refractivity contribution is -0.225. The van der Waals surface area contributed by atoms with Gasteiger partial charge in [0.05, 0.1) is 17.6 Å². The van der Waals surface area contributed by atoms with Crippen LogP contribution in [0.3, 0.4) is 0 Å². The number of allylic oxidation sites excluding steroid dienone is 2. The van der Waals surface area contributed by atoms with Crippen LogP contribution in [0.2, 0.25) is 0 Å². The first-order valence-corrected chi connectivity index (χ1v) is 14.2. The lowest BCUT2D eigenvalue weighted by Crippen LogP contribution is -2.70. The van der Waals surface area contributed by atoms with Crippen LogP contribution < -0.4 is 0 Å². The molecule has 0 aromatic heterocycles. The van der Waals surface area contributed by atoms with E-state index in [-0.39, 0.29) is 35.2 Å². The molecule has 6 heteroatoms. The fraction of sp³-hybridized carbons (Fsp3) is 0.806. The Hall–Kier alpha value is -1.66. The van der Waals surface area contributed by atoms with Gasteiger partial charge in [-0.2, -0.15) is 0 Å². The monoisotopic (exact) mass is 514 g/mol. The van der Waals surface area contributed by atoms with Gasteiger partial charge in [0.2, 0.25) is 0 Å². The fourth-order valence-corrected chi connectivity index (χ4v) is 11.0. The summed E-state index contributed by atoms with van der Waals surface area (Å²) in [6, 6.07) is 0. The molecule has 5 aliphatic carbocycles. The average Bonchev–Trinajstić information content (AvgIpc) is 2.80. The molecule has 5 rings (SSSR count). The second-order valence-electron chi connectivity index (χ2n) is 14.3. The van der Waals surface area contributed by atoms with Crippen molar-refractivity contribution in [2.45, 2.75) is 98.2 Å². The summed E-state index contributed by atoms with van der Waals surface area (Å²) in [4.78, 5) is 26.5. The topological polar surface area (TPSA) is 104 Å². The zero-order valence-electron chi connectivity index (χ0n) is 23.5. The Kier molecular flexibility index (Phi) is 5.95. The molecular formula is C31H46O6. The Labute approximate surface area is 221 Å². The molecule has 6 nitrogen and oxygen atoms in total. The van der Waals surface area contributed by atoms with E-state index >= 15 is 0 Å². The Morgan fingerprint density at radius 1 is 1.00 bits per heavy atom. The van der Waals surface area contributed by atoms with E-state index < -0.39 is 40.2 Å². The van der Waals surface area contributed by atoms with Gasteiger partial charge in [0, 0.05) is 13.0 Å². The highest BCUT2D eigenvalue weighted by molar-refractivity contribution is 5.85. The molecule has 0 aromatic carbocycles. The van der Waals surface area contributed by atoms with E-state index in [2.05, 4.69) is 40.3 Å². The summed E-state index contributed by atoms with van der Waals surface area (Å²) < 4.78 is 5.93. The Bertz CT molecular complexity index is 1060. The third kappa shape index (κ3) is 3.00. The van der Waals surface area contributed by atoms with Crippen molar-refractivity contribution in [1.82, 2.24) is 0 Å².